The molecule has 0 aliphatic carbocycles. The first kappa shape index (κ1) is 25.7. The van der Waals surface area contributed by atoms with Gasteiger partial charge < -0.3 is 14.8 Å². The lowest BCUT2D eigenvalue weighted by Crippen LogP contribution is -2.54. The molecule has 2 N–H and O–H groups in total. The van der Waals surface area contributed by atoms with E-state index in [1.807, 2.05) is 26.0 Å². The van der Waals surface area contributed by atoms with Crippen LogP contribution < -0.4 is 20.1 Å². The fraction of sp³-hybridized carbons (Fsp3) is 0.200. The van der Waals surface area contributed by atoms with Crippen molar-refractivity contribution in [1.82, 2.24) is 10.2 Å². The molecule has 2 aromatic rings. The van der Waals surface area contributed by atoms with Gasteiger partial charge in [-0.1, -0.05) is 12.1 Å². The molecule has 182 valence electrons. The number of ether oxygens (including phenoxy) is 2. The standard InChI is InChI=1S/C25H24BrN3O6/c1-5-8-29-24(32)17(23(31)28-25(29)33)11-16-6-7-20(21(12-16)34-4)35-13-22(30)27-19-10-15(3)14(2)9-18(19)26/h5-7,9-12H,1,8,13H2,2-4H3,(H,27,30)(H,28,31,33)/b17-11-. The Bertz CT molecular complexity index is 1250. The average molecular weight is 542 g/mol. The van der Waals surface area contributed by atoms with Crippen LogP contribution in [0.25, 0.3) is 6.08 Å². The summed E-state index contributed by atoms with van der Waals surface area (Å²) in [5.74, 6) is -1.30. The van der Waals surface area contributed by atoms with Gasteiger partial charge in [-0.15, -0.1) is 6.58 Å². The average Bonchev–Trinajstić information content (AvgIpc) is 2.81. The maximum absolute atomic E-state index is 12.6. The lowest BCUT2D eigenvalue weighted by atomic mass is 10.1. The summed E-state index contributed by atoms with van der Waals surface area (Å²) in [4.78, 5) is 49.9. The summed E-state index contributed by atoms with van der Waals surface area (Å²) in [6.45, 7) is 7.14. The summed E-state index contributed by atoms with van der Waals surface area (Å²) in [7, 11) is 1.42. The van der Waals surface area contributed by atoms with Crippen LogP contribution in [-0.2, 0) is 14.4 Å². The zero-order chi connectivity index (χ0) is 25.7. The topological polar surface area (TPSA) is 114 Å². The maximum atomic E-state index is 12.6. The summed E-state index contributed by atoms with van der Waals surface area (Å²) < 4.78 is 11.7. The number of rotatable bonds is 8. The minimum atomic E-state index is -0.801. The number of carbonyl (C=O) groups excluding carboxylic acids is 4. The Hall–Kier alpha value is -3.92. The summed E-state index contributed by atoms with van der Waals surface area (Å²) in [5.41, 5.74) is 3.02. The van der Waals surface area contributed by atoms with Crippen LogP contribution in [0.2, 0.25) is 0 Å². The monoisotopic (exact) mass is 541 g/mol. The highest BCUT2D eigenvalue weighted by Gasteiger charge is 2.34. The zero-order valence-corrected chi connectivity index (χ0v) is 21.0. The molecule has 35 heavy (non-hydrogen) atoms. The number of nitrogens with zero attached hydrogens (tertiary/aromatic N) is 1. The van der Waals surface area contributed by atoms with Crippen molar-refractivity contribution in [1.29, 1.82) is 0 Å². The van der Waals surface area contributed by atoms with Crippen molar-refractivity contribution in [3.05, 3.63) is 69.7 Å². The third kappa shape index (κ3) is 5.96. The number of aryl methyl sites for hydroxylation is 2. The molecule has 0 atom stereocenters. The number of hydrogen-bond donors (Lipinski definition) is 2. The van der Waals surface area contributed by atoms with E-state index in [0.29, 0.717) is 22.7 Å². The fourth-order valence-corrected chi connectivity index (χ4v) is 3.81. The number of nitrogens with one attached hydrogen (secondary N) is 2. The van der Waals surface area contributed by atoms with Gasteiger partial charge in [0.2, 0.25) is 0 Å². The summed E-state index contributed by atoms with van der Waals surface area (Å²) in [6, 6.07) is 7.69. The Labute approximate surface area is 210 Å². The van der Waals surface area contributed by atoms with Crippen molar-refractivity contribution < 1.29 is 28.7 Å². The van der Waals surface area contributed by atoms with Crippen LogP contribution in [0.1, 0.15) is 16.7 Å². The van der Waals surface area contributed by atoms with Gasteiger partial charge in [0.25, 0.3) is 17.7 Å². The molecule has 0 spiro atoms. The summed E-state index contributed by atoms with van der Waals surface area (Å²) >= 11 is 3.44. The number of anilines is 1. The van der Waals surface area contributed by atoms with Crippen molar-refractivity contribution in [2.24, 2.45) is 0 Å². The van der Waals surface area contributed by atoms with Crippen molar-refractivity contribution in [2.45, 2.75) is 13.8 Å². The number of imide groups is 2. The third-order valence-electron chi connectivity index (χ3n) is 5.21. The highest BCUT2D eigenvalue weighted by Crippen LogP contribution is 2.30. The van der Waals surface area contributed by atoms with E-state index < -0.39 is 17.8 Å². The highest BCUT2D eigenvalue weighted by molar-refractivity contribution is 9.10. The first-order valence-electron chi connectivity index (χ1n) is 10.5. The van der Waals surface area contributed by atoms with Gasteiger partial charge in [0, 0.05) is 11.0 Å². The van der Waals surface area contributed by atoms with E-state index >= 15 is 0 Å². The molecule has 0 unspecified atom stereocenters. The van der Waals surface area contributed by atoms with E-state index in [1.54, 1.807) is 18.2 Å². The molecule has 1 aliphatic rings. The molecule has 0 saturated carbocycles. The first-order valence-corrected chi connectivity index (χ1v) is 11.3. The van der Waals surface area contributed by atoms with Crippen molar-refractivity contribution in [2.75, 3.05) is 25.6 Å². The van der Waals surface area contributed by atoms with Crippen LogP contribution in [0.15, 0.2) is 53.0 Å². The van der Waals surface area contributed by atoms with Crippen LogP contribution in [0, 0.1) is 13.8 Å². The van der Waals surface area contributed by atoms with Crippen LogP contribution in [0.5, 0.6) is 11.5 Å². The third-order valence-corrected chi connectivity index (χ3v) is 5.87. The molecule has 9 nitrogen and oxygen atoms in total. The molecule has 0 bridgehead atoms. The van der Waals surface area contributed by atoms with E-state index in [0.717, 1.165) is 20.5 Å². The Balaban J connectivity index is 1.74. The van der Waals surface area contributed by atoms with E-state index in [4.69, 9.17) is 9.47 Å². The first-order chi connectivity index (χ1) is 16.6. The number of carbonyl (C=O) groups is 4. The van der Waals surface area contributed by atoms with Gasteiger partial charge in [-0.3, -0.25) is 24.6 Å². The SMILES string of the molecule is C=CCN1C(=O)NC(=O)/C(=C/c2ccc(OCC(=O)Nc3cc(C)c(C)cc3Br)c(OC)c2)C1=O. The van der Waals surface area contributed by atoms with Crippen LogP contribution in [0.3, 0.4) is 0 Å². The van der Waals surface area contributed by atoms with Gasteiger partial charge >= 0.3 is 6.03 Å². The van der Waals surface area contributed by atoms with Crippen molar-refractivity contribution >= 4 is 51.4 Å². The largest absolute Gasteiger partial charge is 0.493 e. The van der Waals surface area contributed by atoms with Gasteiger partial charge in [-0.05, 0) is 76.8 Å². The van der Waals surface area contributed by atoms with Crippen molar-refractivity contribution in [3.63, 3.8) is 0 Å². The van der Waals surface area contributed by atoms with E-state index in [1.165, 1.54) is 19.3 Å². The number of urea groups is 1. The molecule has 1 aliphatic heterocycles. The number of methoxy groups -OCH3 is 1. The number of barbiturate groups is 1. The Kier molecular flexibility index (Phi) is 8.08. The van der Waals surface area contributed by atoms with Gasteiger partial charge in [0.1, 0.15) is 5.57 Å². The Morgan fingerprint density at radius 2 is 1.86 bits per heavy atom. The van der Waals surface area contributed by atoms with Gasteiger partial charge in [0.15, 0.2) is 18.1 Å². The molecule has 2 aromatic carbocycles. The summed E-state index contributed by atoms with van der Waals surface area (Å²) in [5, 5.41) is 4.92. The lowest BCUT2D eigenvalue weighted by Gasteiger charge is -2.25. The van der Waals surface area contributed by atoms with E-state index in [2.05, 4.69) is 33.1 Å². The molecular formula is C25H24BrN3O6. The number of halogens is 1. The quantitative estimate of drug-likeness (QED) is 0.299. The molecule has 0 aromatic heterocycles. The van der Waals surface area contributed by atoms with Gasteiger partial charge in [-0.2, -0.15) is 0 Å². The van der Waals surface area contributed by atoms with Crippen molar-refractivity contribution in [3.8, 4) is 11.5 Å². The van der Waals surface area contributed by atoms with Crippen LogP contribution >= 0.6 is 15.9 Å². The summed E-state index contributed by atoms with van der Waals surface area (Å²) in [6.07, 6.45) is 2.73. The fourth-order valence-electron chi connectivity index (χ4n) is 3.26. The molecule has 0 radical (unpaired) electrons. The predicted octanol–water partition coefficient (Wildman–Crippen LogP) is 3.74. The molecule has 1 fully saturated rings. The van der Waals surface area contributed by atoms with Crippen LogP contribution in [-0.4, -0.2) is 48.9 Å². The minimum Gasteiger partial charge on any atom is -0.493 e. The Morgan fingerprint density at radius 3 is 2.54 bits per heavy atom. The molecule has 1 heterocycles. The molecule has 3 rings (SSSR count). The van der Waals surface area contributed by atoms with Gasteiger partial charge in [0.05, 0.1) is 12.8 Å². The number of amides is 5. The normalized spacial score (nSPS) is 14.6. The lowest BCUT2D eigenvalue weighted by molar-refractivity contribution is -0.129. The van der Waals surface area contributed by atoms with E-state index in [-0.39, 0.29) is 24.6 Å². The highest BCUT2D eigenvalue weighted by atomic mass is 79.9. The zero-order valence-electron chi connectivity index (χ0n) is 19.4. The van der Waals surface area contributed by atoms with Gasteiger partial charge in [-0.25, -0.2) is 4.79 Å². The maximum Gasteiger partial charge on any atom is 0.331 e. The Morgan fingerprint density at radius 1 is 1.14 bits per heavy atom. The molecule has 1 saturated heterocycles. The van der Waals surface area contributed by atoms with Crippen LogP contribution in [0.4, 0.5) is 10.5 Å². The smallest absolute Gasteiger partial charge is 0.331 e. The molecular weight excluding hydrogens is 518 g/mol. The number of hydrogen-bond acceptors (Lipinski definition) is 6. The molecule has 10 heteroatoms. The predicted molar refractivity (Wildman–Crippen MR) is 134 cm³/mol. The minimum absolute atomic E-state index is 0.0355. The van der Waals surface area contributed by atoms with E-state index in [9.17, 15) is 19.2 Å². The second-order valence-electron chi connectivity index (χ2n) is 7.69. The second-order valence-corrected chi connectivity index (χ2v) is 8.54. The second kappa shape index (κ2) is 11.0. The number of benzene rings is 2. The molecule has 5 amide bonds.